The average Bonchev–Trinajstić information content (AvgIpc) is 3.13. The van der Waals surface area contributed by atoms with E-state index in [2.05, 4.69) is 67.3 Å². The predicted molar refractivity (Wildman–Crippen MR) is 103 cm³/mol. The van der Waals surface area contributed by atoms with E-state index in [4.69, 9.17) is 9.47 Å². The molecule has 4 rings (SSSR count). The lowest BCUT2D eigenvalue weighted by molar-refractivity contribution is -0.119. The summed E-state index contributed by atoms with van der Waals surface area (Å²) >= 11 is 0. The molecule has 1 saturated heterocycles. The number of hydrogen-bond acceptors (Lipinski definition) is 2. The van der Waals surface area contributed by atoms with Crippen molar-refractivity contribution in [2.45, 2.75) is 11.1 Å². The highest BCUT2D eigenvalue weighted by atomic mass is 31.1. The second-order valence-electron chi connectivity index (χ2n) is 6.18. The molecule has 2 nitrogen and oxygen atoms in total. The first kappa shape index (κ1) is 16.5. The third-order valence-corrected chi connectivity index (χ3v) is 5.95. The van der Waals surface area contributed by atoms with Crippen LogP contribution in [-0.2, 0) is 20.6 Å². The van der Waals surface area contributed by atoms with Gasteiger partial charge in [0.25, 0.3) is 0 Å². The van der Waals surface area contributed by atoms with Gasteiger partial charge in [0.1, 0.15) is 5.60 Å². The summed E-state index contributed by atoms with van der Waals surface area (Å²) in [5.74, 6) is 0. The fourth-order valence-electron chi connectivity index (χ4n) is 3.44. The fraction of sp³-hybridized carbons (Fsp3) is 0.182. The Morgan fingerprint density at radius 2 is 1.12 bits per heavy atom. The fourth-order valence-corrected chi connectivity index (χ4v) is 4.39. The van der Waals surface area contributed by atoms with Crippen LogP contribution in [0.25, 0.3) is 0 Å². The maximum absolute atomic E-state index is 6.83. The summed E-state index contributed by atoms with van der Waals surface area (Å²) < 4.78 is 13.2. The van der Waals surface area contributed by atoms with Crippen molar-refractivity contribution in [2.24, 2.45) is 0 Å². The summed E-state index contributed by atoms with van der Waals surface area (Å²) in [6.45, 7) is 2.63. The van der Waals surface area contributed by atoms with Crippen LogP contribution < -0.4 is 0 Å². The van der Waals surface area contributed by atoms with Gasteiger partial charge in [-0.25, -0.2) is 0 Å². The molecule has 126 valence electrons. The molecule has 2 atom stereocenters. The molecule has 0 N–H and O–H groups in total. The van der Waals surface area contributed by atoms with E-state index >= 15 is 0 Å². The second-order valence-corrected chi connectivity index (χ2v) is 7.34. The van der Waals surface area contributed by atoms with Gasteiger partial charge in [-0.05, 0) is 17.8 Å². The molecule has 1 aliphatic rings. The number of hydrogen-bond donors (Lipinski definition) is 0. The first-order chi connectivity index (χ1) is 12.3. The van der Waals surface area contributed by atoms with Crippen LogP contribution in [0, 0.1) is 0 Å². The van der Waals surface area contributed by atoms with Gasteiger partial charge in [0.15, 0.2) is 0 Å². The van der Waals surface area contributed by atoms with E-state index in [1.54, 1.807) is 0 Å². The third-order valence-electron chi connectivity index (χ3n) is 4.76. The van der Waals surface area contributed by atoms with Gasteiger partial charge in [-0.15, -0.1) is 0 Å². The van der Waals surface area contributed by atoms with E-state index in [1.807, 2.05) is 30.3 Å². The molecule has 25 heavy (non-hydrogen) atoms. The molecule has 0 radical (unpaired) electrons. The van der Waals surface area contributed by atoms with Gasteiger partial charge in [0.05, 0.1) is 6.61 Å². The van der Waals surface area contributed by atoms with E-state index in [-0.39, 0.29) is 0 Å². The zero-order valence-corrected chi connectivity index (χ0v) is 15.2. The summed E-state index contributed by atoms with van der Waals surface area (Å²) in [4.78, 5) is 0. The van der Waals surface area contributed by atoms with Crippen molar-refractivity contribution in [1.82, 2.24) is 0 Å². The Morgan fingerprint density at radius 3 is 1.56 bits per heavy atom. The lowest BCUT2D eigenvalue weighted by Gasteiger charge is -2.33. The van der Waals surface area contributed by atoms with Gasteiger partial charge in [-0.3, -0.25) is 0 Å². The minimum absolute atomic E-state index is 0.471. The maximum Gasteiger partial charge on any atom is 0.211 e. The summed E-state index contributed by atoms with van der Waals surface area (Å²) in [5.41, 5.74) is 2.02. The van der Waals surface area contributed by atoms with Gasteiger partial charge in [0.2, 0.25) is 5.53 Å². The Hall–Kier alpha value is -1.99. The summed E-state index contributed by atoms with van der Waals surface area (Å²) in [5, 5.41) is 0. The molecule has 1 heterocycles. The molecule has 0 bridgehead atoms. The third kappa shape index (κ3) is 2.81. The van der Waals surface area contributed by atoms with Gasteiger partial charge >= 0.3 is 0 Å². The zero-order valence-electron chi connectivity index (χ0n) is 14.2. The topological polar surface area (TPSA) is 18.5 Å². The smallest absolute Gasteiger partial charge is 0.211 e. The lowest BCUT2D eigenvalue weighted by atomic mass is 9.87. The Labute approximate surface area is 150 Å². The van der Waals surface area contributed by atoms with Gasteiger partial charge in [-0.2, -0.15) is 0 Å². The van der Waals surface area contributed by atoms with Crippen molar-refractivity contribution >= 4 is 8.58 Å². The van der Waals surface area contributed by atoms with Crippen LogP contribution in [0.5, 0.6) is 0 Å². The molecule has 0 spiro atoms. The van der Waals surface area contributed by atoms with Gasteiger partial charge < -0.3 is 9.47 Å². The highest BCUT2D eigenvalue weighted by Crippen LogP contribution is 2.54. The Kier molecular flexibility index (Phi) is 4.43. The standard InChI is InChI=1S/C22H21O2P/c1-25-22(20-15-9-4-10-16-20)23-17-21(24-22,18-11-5-2-6-12-18)19-13-7-3-8-14-19/h2-16,25H,17H2,1H3. The Balaban J connectivity index is 1.85. The van der Waals surface area contributed by atoms with Crippen molar-refractivity contribution < 1.29 is 9.47 Å². The van der Waals surface area contributed by atoms with E-state index in [0.29, 0.717) is 15.2 Å². The van der Waals surface area contributed by atoms with Crippen LogP contribution in [0.3, 0.4) is 0 Å². The largest absolute Gasteiger partial charge is 0.339 e. The SMILES string of the molecule is CPC1(c2ccccc2)OCC(c2ccccc2)(c2ccccc2)O1. The molecule has 3 aromatic rings. The number of benzene rings is 3. The molecule has 3 aromatic carbocycles. The summed E-state index contributed by atoms with van der Waals surface area (Å²) in [7, 11) is 0.471. The lowest BCUT2D eigenvalue weighted by Crippen LogP contribution is -2.32. The Morgan fingerprint density at radius 1 is 0.680 bits per heavy atom. The van der Waals surface area contributed by atoms with Crippen molar-refractivity contribution in [1.29, 1.82) is 0 Å². The highest BCUT2D eigenvalue weighted by Gasteiger charge is 2.52. The summed E-state index contributed by atoms with van der Waals surface area (Å²) in [6, 6.07) is 31.0. The minimum atomic E-state index is -0.701. The molecule has 0 saturated carbocycles. The van der Waals surface area contributed by atoms with Crippen molar-refractivity contribution in [3.63, 3.8) is 0 Å². The molecular weight excluding hydrogens is 327 g/mol. The molecule has 3 heteroatoms. The van der Waals surface area contributed by atoms with Crippen LogP contribution in [0.4, 0.5) is 0 Å². The molecule has 1 fully saturated rings. The number of rotatable bonds is 4. The van der Waals surface area contributed by atoms with Crippen molar-refractivity contribution in [2.75, 3.05) is 13.3 Å². The second kappa shape index (κ2) is 6.72. The van der Waals surface area contributed by atoms with Crippen molar-refractivity contribution in [3.8, 4) is 0 Å². The van der Waals surface area contributed by atoms with Gasteiger partial charge in [0, 0.05) is 5.56 Å². The Bertz CT molecular complexity index is 781. The number of ether oxygens (including phenoxy) is 2. The first-order valence-corrected chi connectivity index (χ1v) is 9.99. The maximum atomic E-state index is 6.83. The van der Waals surface area contributed by atoms with Crippen molar-refractivity contribution in [3.05, 3.63) is 108 Å². The molecule has 0 aromatic heterocycles. The minimum Gasteiger partial charge on any atom is -0.339 e. The van der Waals surface area contributed by atoms with E-state index in [1.165, 1.54) is 0 Å². The molecule has 2 unspecified atom stereocenters. The normalized spacial score (nSPS) is 22.4. The van der Waals surface area contributed by atoms with Crippen LogP contribution in [0.2, 0.25) is 0 Å². The van der Waals surface area contributed by atoms with E-state index in [9.17, 15) is 0 Å². The molecular formula is C22H21O2P. The van der Waals surface area contributed by atoms with Gasteiger partial charge in [-0.1, -0.05) is 99.6 Å². The van der Waals surface area contributed by atoms with E-state index < -0.39 is 11.1 Å². The highest BCUT2D eigenvalue weighted by molar-refractivity contribution is 7.38. The first-order valence-electron chi connectivity index (χ1n) is 8.49. The zero-order chi connectivity index (χ0) is 17.2. The molecule has 0 amide bonds. The van der Waals surface area contributed by atoms with Crippen LogP contribution >= 0.6 is 8.58 Å². The molecule has 1 aliphatic heterocycles. The monoisotopic (exact) mass is 348 g/mol. The van der Waals surface area contributed by atoms with Crippen LogP contribution in [0.15, 0.2) is 91.0 Å². The van der Waals surface area contributed by atoms with Crippen LogP contribution in [-0.4, -0.2) is 13.3 Å². The van der Waals surface area contributed by atoms with Crippen LogP contribution in [0.1, 0.15) is 16.7 Å². The average molecular weight is 348 g/mol. The quantitative estimate of drug-likeness (QED) is 0.611. The molecule has 0 aliphatic carbocycles. The predicted octanol–water partition coefficient (Wildman–Crippen LogP) is 5.10. The summed E-state index contributed by atoms with van der Waals surface area (Å²) in [6.07, 6.45) is 0. The van der Waals surface area contributed by atoms with E-state index in [0.717, 1.165) is 16.7 Å².